The lowest BCUT2D eigenvalue weighted by molar-refractivity contribution is 0.198. The van der Waals surface area contributed by atoms with Gasteiger partial charge in [-0.1, -0.05) is 18.2 Å². The topological polar surface area (TPSA) is 26.7 Å². The van der Waals surface area contributed by atoms with E-state index in [4.69, 9.17) is 0 Å². The van der Waals surface area contributed by atoms with Crippen molar-refractivity contribution < 1.29 is 5.11 Å². The number of hydrogen-bond donors (Lipinski definition) is 1. The first-order valence-electron chi connectivity index (χ1n) is 7.48. The molecule has 0 unspecified atom stereocenters. The number of piperazine rings is 1. The molecule has 0 radical (unpaired) electrons. The Labute approximate surface area is 115 Å². The summed E-state index contributed by atoms with van der Waals surface area (Å²) >= 11 is 0. The van der Waals surface area contributed by atoms with Crippen LogP contribution in [-0.2, 0) is 0 Å². The number of rotatable bonds is 4. The summed E-state index contributed by atoms with van der Waals surface area (Å²) in [5.41, 5.74) is 2.27. The Hall–Kier alpha value is -1.06. The highest BCUT2D eigenvalue weighted by molar-refractivity contribution is 5.54. The van der Waals surface area contributed by atoms with Crippen LogP contribution in [-0.4, -0.2) is 42.7 Å². The number of para-hydroxylation sites is 1. The van der Waals surface area contributed by atoms with Gasteiger partial charge in [-0.25, -0.2) is 0 Å². The predicted molar refractivity (Wildman–Crippen MR) is 78.5 cm³/mol. The van der Waals surface area contributed by atoms with Crippen LogP contribution in [0.3, 0.4) is 0 Å². The number of benzene rings is 1. The van der Waals surface area contributed by atoms with Gasteiger partial charge >= 0.3 is 0 Å². The fraction of sp³-hybridized carbons (Fsp3) is 0.625. The monoisotopic (exact) mass is 260 g/mol. The highest BCUT2D eigenvalue weighted by Crippen LogP contribution is 2.31. The molecule has 3 rings (SSSR count). The highest BCUT2D eigenvalue weighted by Gasteiger charge is 2.27. The third-order valence-corrected chi connectivity index (χ3v) is 4.31. The van der Waals surface area contributed by atoms with E-state index in [9.17, 15) is 5.11 Å². The van der Waals surface area contributed by atoms with E-state index in [1.165, 1.54) is 25.1 Å². The van der Waals surface area contributed by atoms with E-state index in [2.05, 4.69) is 21.9 Å². The van der Waals surface area contributed by atoms with E-state index >= 15 is 0 Å². The van der Waals surface area contributed by atoms with Gasteiger partial charge in [0.05, 0.1) is 6.10 Å². The van der Waals surface area contributed by atoms with Crippen LogP contribution in [0.5, 0.6) is 0 Å². The zero-order valence-corrected chi connectivity index (χ0v) is 11.8. The molecule has 1 aromatic rings. The average molecular weight is 260 g/mol. The second-order valence-corrected chi connectivity index (χ2v) is 5.97. The maximum absolute atomic E-state index is 9.88. The lowest BCUT2D eigenvalue weighted by Gasteiger charge is -2.37. The molecule has 1 aliphatic carbocycles. The van der Waals surface area contributed by atoms with Gasteiger partial charge in [0.2, 0.25) is 0 Å². The molecule has 3 heteroatoms. The fourth-order valence-electron chi connectivity index (χ4n) is 2.97. The second-order valence-electron chi connectivity index (χ2n) is 5.97. The molecule has 1 saturated carbocycles. The number of aliphatic hydroxyl groups excluding tert-OH is 1. The largest absolute Gasteiger partial charge is 0.389 e. The molecule has 0 spiro atoms. The Bertz CT molecular complexity index is 421. The highest BCUT2D eigenvalue weighted by atomic mass is 16.3. The molecular weight excluding hydrogens is 236 g/mol. The van der Waals surface area contributed by atoms with Crippen LogP contribution in [0, 0.1) is 5.92 Å². The summed E-state index contributed by atoms with van der Waals surface area (Å²) in [6.45, 7) is 7.62. The van der Waals surface area contributed by atoms with Gasteiger partial charge in [0.1, 0.15) is 0 Å². The molecule has 1 aliphatic heterocycles. The van der Waals surface area contributed by atoms with E-state index in [0.29, 0.717) is 0 Å². The van der Waals surface area contributed by atoms with E-state index in [-0.39, 0.29) is 6.10 Å². The Kier molecular flexibility index (Phi) is 3.76. The summed E-state index contributed by atoms with van der Waals surface area (Å²) < 4.78 is 0. The summed E-state index contributed by atoms with van der Waals surface area (Å²) in [6, 6.07) is 8.25. The van der Waals surface area contributed by atoms with Crippen molar-refractivity contribution in [3.05, 3.63) is 29.8 Å². The molecular formula is C16H24N2O. The molecule has 0 bridgehead atoms. The maximum atomic E-state index is 9.88. The first-order chi connectivity index (χ1) is 9.24. The van der Waals surface area contributed by atoms with E-state index in [1.807, 2.05) is 19.1 Å². The zero-order chi connectivity index (χ0) is 13.2. The van der Waals surface area contributed by atoms with Crippen LogP contribution in [0.4, 0.5) is 5.69 Å². The van der Waals surface area contributed by atoms with E-state index in [0.717, 1.165) is 37.7 Å². The third kappa shape index (κ3) is 3.10. The fourth-order valence-corrected chi connectivity index (χ4v) is 2.97. The van der Waals surface area contributed by atoms with Crippen LogP contribution in [0.25, 0.3) is 0 Å². The lowest BCUT2D eigenvalue weighted by atomic mass is 10.1. The summed E-state index contributed by atoms with van der Waals surface area (Å²) in [6.07, 6.45) is 2.48. The van der Waals surface area contributed by atoms with Gasteiger partial charge in [-0.05, 0) is 31.7 Å². The minimum absolute atomic E-state index is 0.388. The zero-order valence-electron chi connectivity index (χ0n) is 11.8. The Balaban J connectivity index is 1.64. The van der Waals surface area contributed by atoms with E-state index in [1.54, 1.807) is 0 Å². The second kappa shape index (κ2) is 5.51. The van der Waals surface area contributed by atoms with Crippen molar-refractivity contribution in [2.45, 2.75) is 25.9 Å². The van der Waals surface area contributed by atoms with Crippen molar-refractivity contribution in [3.8, 4) is 0 Å². The van der Waals surface area contributed by atoms with Gasteiger partial charge in [-0.2, -0.15) is 0 Å². The molecule has 2 fully saturated rings. The van der Waals surface area contributed by atoms with Crippen molar-refractivity contribution in [2.24, 2.45) is 5.92 Å². The molecule has 2 aliphatic rings. The van der Waals surface area contributed by atoms with E-state index < -0.39 is 0 Å². The Morgan fingerprint density at radius 3 is 2.47 bits per heavy atom. The van der Waals surface area contributed by atoms with Gasteiger partial charge in [0, 0.05) is 44.0 Å². The smallest absolute Gasteiger partial charge is 0.0781 e. The molecule has 1 atom stereocenters. The van der Waals surface area contributed by atoms with Crippen molar-refractivity contribution in [2.75, 3.05) is 37.6 Å². The maximum Gasteiger partial charge on any atom is 0.0781 e. The normalized spacial score (nSPS) is 22.5. The predicted octanol–water partition coefficient (Wildman–Crippen LogP) is 2.27. The van der Waals surface area contributed by atoms with Gasteiger partial charge in [-0.15, -0.1) is 0 Å². The van der Waals surface area contributed by atoms with Crippen LogP contribution in [0.15, 0.2) is 24.3 Å². The van der Waals surface area contributed by atoms with Crippen molar-refractivity contribution in [1.29, 1.82) is 0 Å². The standard InChI is InChI=1S/C16H24N2O/c1-13(19)15-4-2-3-5-16(15)18-10-8-17(9-11-18)12-14-6-7-14/h2-5,13-14,19H,6-12H2,1H3/t13-/m1/s1. The van der Waals surface area contributed by atoms with Crippen LogP contribution < -0.4 is 4.90 Å². The van der Waals surface area contributed by atoms with Crippen molar-refractivity contribution in [1.82, 2.24) is 4.90 Å². The minimum atomic E-state index is -0.388. The molecule has 3 nitrogen and oxygen atoms in total. The van der Waals surface area contributed by atoms with Crippen LogP contribution >= 0.6 is 0 Å². The summed E-state index contributed by atoms with van der Waals surface area (Å²) in [7, 11) is 0. The molecule has 1 aromatic carbocycles. The molecule has 1 heterocycles. The molecule has 0 amide bonds. The van der Waals surface area contributed by atoms with Gasteiger partial charge < -0.3 is 10.0 Å². The van der Waals surface area contributed by atoms with Crippen LogP contribution in [0.1, 0.15) is 31.4 Å². The Morgan fingerprint density at radius 2 is 1.84 bits per heavy atom. The van der Waals surface area contributed by atoms with Crippen molar-refractivity contribution in [3.63, 3.8) is 0 Å². The number of nitrogens with zero attached hydrogens (tertiary/aromatic N) is 2. The lowest BCUT2D eigenvalue weighted by Crippen LogP contribution is -2.47. The first-order valence-corrected chi connectivity index (χ1v) is 7.48. The average Bonchev–Trinajstić information content (AvgIpc) is 3.23. The number of aliphatic hydroxyl groups is 1. The van der Waals surface area contributed by atoms with Gasteiger partial charge in [0.25, 0.3) is 0 Å². The molecule has 1 N–H and O–H groups in total. The number of hydrogen-bond acceptors (Lipinski definition) is 3. The molecule has 104 valence electrons. The SMILES string of the molecule is C[C@@H](O)c1ccccc1N1CCN(CC2CC2)CC1. The molecule has 1 saturated heterocycles. The van der Waals surface area contributed by atoms with Gasteiger partial charge in [0.15, 0.2) is 0 Å². The Morgan fingerprint density at radius 1 is 1.16 bits per heavy atom. The van der Waals surface area contributed by atoms with Gasteiger partial charge in [-0.3, -0.25) is 4.90 Å². The van der Waals surface area contributed by atoms with Crippen molar-refractivity contribution >= 4 is 5.69 Å². The molecule has 0 aromatic heterocycles. The summed E-state index contributed by atoms with van der Waals surface area (Å²) in [5, 5.41) is 9.88. The first kappa shape index (κ1) is 12.9. The quantitative estimate of drug-likeness (QED) is 0.899. The molecule has 19 heavy (non-hydrogen) atoms. The number of anilines is 1. The summed E-state index contributed by atoms with van der Waals surface area (Å²) in [5.74, 6) is 0.983. The third-order valence-electron chi connectivity index (χ3n) is 4.31. The van der Waals surface area contributed by atoms with Crippen LogP contribution in [0.2, 0.25) is 0 Å². The summed E-state index contributed by atoms with van der Waals surface area (Å²) in [4.78, 5) is 5.02. The minimum Gasteiger partial charge on any atom is -0.389 e.